The van der Waals surface area contributed by atoms with Gasteiger partial charge < -0.3 is 15.0 Å². The lowest BCUT2D eigenvalue weighted by atomic mass is 10.0. The van der Waals surface area contributed by atoms with Crippen molar-refractivity contribution in [1.29, 1.82) is 0 Å². The van der Waals surface area contributed by atoms with Crippen molar-refractivity contribution in [2.45, 2.75) is 45.3 Å². The van der Waals surface area contributed by atoms with Crippen molar-refractivity contribution in [1.82, 2.24) is 20.0 Å². The van der Waals surface area contributed by atoms with Crippen LogP contribution in [0.25, 0.3) is 16.6 Å². The van der Waals surface area contributed by atoms with Crippen LogP contribution < -0.4 is 5.32 Å². The summed E-state index contributed by atoms with van der Waals surface area (Å²) in [6.45, 7) is 6.73. The van der Waals surface area contributed by atoms with E-state index >= 15 is 0 Å². The van der Waals surface area contributed by atoms with Crippen molar-refractivity contribution >= 4 is 22.9 Å². The van der Waals surface area contributed by atoms with Gasteiger partial charge in [0.05, 0.1) is 17.4 Å². The fraction of sp³-hybridized carbons (Fsp3) is 0.375. The highest BCUT2D eigenvalue weighted by molar-refractivity contribution is 5.94. The van der Waals surface area contributed by atoms with E-state index in [1.54, 1.807) is 4.90 Å². The van der Waals surface area contributed by atoms with Crippen molar-refractivity contribution in [2.24, 2.45) is 0 Å². The molecule has 2 aromatic carbocycles. The molecular weight excluding hydrogens is 392 g/mol. The SMILES string of the molecule is CC(C)(C)OC(=O)N1CCC(NC(=O)c2ccc(-n3ncc4ccccc43)cc2)CC1. The zero-order valence-corrected chi connectivity index (χ0v) is 18.2. The molecule has 7 nitrogen and oxygen atoms in total. The summed E-state index contributed by atoms with van der Waals surface area (Å²) in [4.78, 5) is 26.6. The number of hydrogen-bond donors (Lipinski definition) is 1. The molecule has 3 aromatic rings. The number of ether oxygens (including phenoxy) is 1. The molecule has 1 saturated heterocycles. The second-order valence-corrected chi connectivity index (χ2v) is 8.88. The summed E-state index contributed by atoms with van der Waals surface area (Å²) in [5.74, 6) is -0.104. The Labute approximate surface area is 182 Å². The van der Waals surface area contributed by atoms with Crippen LogP contribution in [-0.4, -0.2) is 51.4 Å². The standard InChI is InChI=1S/C24H28N4O3/c1-24(2,3)31-23(30)27-14-12-19(13-15-27)26-22(29)17-8-10-20(11-9-17)28-21-7-5-4-6-18(21)16-25-28/h4-11,16,19H,12-15H2,1-3H3,(H,26,29). The average Bonchev–Trinajstić information content (AvgIpc) is 3.17. The molecule has 1 N–H and O–H groups in total. The first-order valence-corrected chi connectivity index (χ1v) is 10.6. The van der Waals surface area contributed by atoms with E-state index in [1.165, 1.54) is 0 Å². The van der Waals surface area contributed by atoms with E-state index in [1.807, 2.05) is 80.2 Å². The van der Waals surface area contributed by atoms with E-state index in [-0.39, 0.29) is 18.0 Å². The molecule has 0 aliphatic carbocycles. The molecular formula is C24H28N4O3. The summed E-state index contributed by atoms with van der Waals surface area (Å²) in [6, 6.07) is 15.5. The van der Waals surface area contributed by atoms with Crippen molar-refractivity contribution < 1.29 is 14.3 Å². The number of nitrogens with zero attached hydrogens (tertiary/aromatic N) is 3. The minimum absolute atomic E-state index is 0.0425. The van der Waals surface area contributed by atoms with Gasteiger partial charge >= 0.3 is 6.09 Å². The second-order valence-electron chi connectivity index (χ2n) is 8.88. The highest BCUT2D eigenvalue weighted by atomic mass is 16.6. The van der Waals surface area contributed by atoms with Crippen LogP contribution in [-0.2, 0) is 4.74 Å². The minimum atomic E-state index is -0.503. The monoisotopic (exact) mass is 420 g/mol. The number of fused-ring (bicyclic) bond motifs is 1. The fourth-order valence-corrected chi connectivity index (χ4v) is 3.73. The van der Waals surface area contributed by atoms with Gasteiger partial charge in [0.2, 0.25) is 0 Å². The first kappa shape index (κ1) is 20.9. The molecule has 4 rings (SSSR count). The number of rotatable bonds is 3. The first-order valence-electron chi connectivity index (χ1n) is 10.6. The molecule has 1 fully saturated rings. The van der Waals surface area contributed by atoms with Gasteiger partial charge in [-0.05, 0) is 63.9 Å². The van der Waals surface area contributed by atoms with E-state index < -0.39 is 5.60 Å². The normalized spacial score (nSPS) is 15.1. The first-order chi connectivity index (χ1) is 14.8. The van der Waals surface area contributed by atoms with Crippen LogP contribution in [0.15, 0.2) is 54.7 Å². The Bertz CT molecular complexity index is 1070. The molecule has 1 aliphatic rings. The zero-order chi connectivity index (χ0) is 22.0. The van der Waals surface area contributed by atoms with E-state index in [9.17, 15) is 9.59 Å². The average molecular weight is 421 g/mol. The highest BCUT2D eigenvalue weighted by Gasteiger charge is 2.27. The van der Waals surface area contributed by atoms with E-state index in [0.717, 1.165) is 16.6 Å². The van der Waals surface area contributed by atoms with Gasteiger partial charge in [-0.25, -0.2) is 9.48 Å². The molecule has 2 heterocycles. The summed E-state index contributed by atoms with van der Waals surface area (Å²) in [6.07, 6.45) is 2.96. The summed E-state index contributed by atoms with van der Waals surface area (Å²) >= 11 is 0. The molecule has 0 radical (unpaired) electrons. The van der Waals surface area contributed by atoms with Gasteiger partial charge in [-0.1, -0.05) is 18.2 Å². The Hall–Kier alpha value is -3.35. The number of carbonyl (C=O) groups is 2. The lowest BCUT2D eigenvalue weighted by Crippen LogP contribution is -2.47. The molecule has 0 saturated carbocycles. The maximum Gasteiger partial charge on any atom is 0.410 e. The molecule has 31 heavy (non-hydrogen) atoms. The van der Waals surface area contributed by atoms with E-state index in [0.29, 0.717) is 31.5 Å². The van der Waals surface area contributed by atoms with Gasteiger partial charge in [-0.2, -0.15) is 5.10 Å². The molecule has 0 bridgehead atoms. The largest absolute Gasteiger partial charge is 0.444 e. The van der Waals surface area contributed by atoms with Gasteiger partial charge in [0, 0.05) is 30.1 Å². The summed E-state index contributed by atoms with van der Waals surface area (Å²) in [7, 11) is 0. The lowest BCUT2D eigenvalue weighted by Gasteiger charge is -2.33. The number of piperidine rings is 1. The quantitative estimate of drug-likeness (QED) is 0.690. The third-order valence-electron chi connectivity index (χ3n) is 5.33. The van der Waals surface area contributed by atoms with Crippen LogP contribution >= 0.6 is 0 Å². The molecule has 162 valence electrons. The van der Waals surface area contributed by atoms with Gasteiger partial charge in [-0.3, -0.25) is 4.79 Å². The number of benzene rings is 2. The van der Waals surface area contributed by atoms with Gasteiger partial charge in [-0.15, -0.1) is 0 Å². The van der Waals surface area contributed by atoms with Gasteiger partial charge in [0.15, 0.2) is 0 Å². The van der Waals surface area contributed by atoms with Crippen molar-refractivity contribution in [2.75, 3.05) is 13.1 Å². The molecule has 1 aliphatic heterocycles. The molecule has 2 amide bonds. The molecule has 0 spiro atoms. The topological polar surface area (TPSA) is 76.5 Å². The molecule has 7 heteroatoms. The predicted molar refractivity (Wildman–Crippen MR) is 119 cm³/mol. The lowest BCUT2D eigenvalue weighted by molar-refractivity contribution is 0.0199. The van der Waals surface area contributed by atoms with E-state index in [4.69, 9.17) is 4.74 Å². The summed E-state index contributed by atoms with van der Waals surface area (Å²) in [5.41, 5.74) is 2.03. The smallest absolute Gasteiger partial charge is 0.410 e. The zero-order valence-electron chi connectivity index (χ0n) is 18.2. The Morgan fingerprint density at radius 1 is 1.03 bits per heavy atom. The third-order valence-corrected chi connectivity index (χ3v) is 5.33. The molecule has 0 unspecified atom stereocenters. The number of carbonyl (C=O) groups excluding carboxylic acids is 2. The number of aromatic nitrogens is 2. The Kier molecular flexibility index (Phi) is 5.67. The van der Waals surface area contributed by atoms with Crippen LogP contribution in [0.5, 0.6) is 0 Å². The van der Waals surface area contributed by atoms with Crippen LogP contribution in [0.2, 0.25) is 0 Å². The highest BCUT2D eigenvalue weighted by Crippen LogP contribution is 2.19. The maximum atomic E-state index is 12.7. The van der Waals surface area contributed by atoms with Crippen molar-refractivity contribution in [3.63, 3.8) is 0 Å². The molecule has 1 aromatic heterocycles. The molecule has 0 atom stereocenters. The van der Waals surface area contributed by atoms with Crippen molar-refractivity contribution in [3.8, 4) is 5.69 Å². The van der Waals surface area contributed by atoms with Gasteiger partial charge in [0.1, 0.15) is 5.60 Å². The Morgan fingerprint density at radius 2 is 1.71 bits per heavy atom. The predicted octanol–water partition coefficient (Wildman–Crippen LogP) is 4.15. The minimum Gasteiger partial charge on any atom is -0.444 e. The second kappa shape index (κ2) is 8.41. The van der Waals surface area contributed by atoms with Crippen LogP contribution in [0.4, 0.5) is 4.79 Å². The number of hydrogen-bond acceptors (Lipinski definition) is 4. The Morgan fingerprint density at radius 3 is 2.39 bits per heavy atom. The van der Waals surface area contributed by atoms with Crippen LogP contribution in [0.3, 0.4) is 0 Å². The maximum absolute atomic E-state index is 12.7. The third kappa shape index (κ3) is 4.87. The van der Waals surface area contributed by atoms with Crippen LogP contribution in [0.1, 0.15) is 44.0 Å². The van der Waals surface area contributed by atoms with E-state index in [2.05, 4.69) is 10.4 Å². The number of para-hydroxylation sites is 1. The fourth-order valence-electron chi connectivity index (χ4n) is 3.73. The number of amides is 2. The number of likely N-dealkylation sites (tertiary alicyclic amines) is 1. The van der Waals surface area contributed by atoms with Gasteiger partial charge in [0.25, 0.3) is 5.91 Å². The van der Waals surface area contributed by atoms with Crippen LogP contribution in [0, 0.1) is 0 Å². The number of nitrogens with one attached hydrogen (secondary N) is 1. The summed E-state index contributed by atoms with van der Waals surface area (Å²) < 4.78 is 7.29. The summed E-state index contributed by atoms with van der Waals surface area (Å²) in [5, 5.41) is 8.61. The van der Waals surface area contributed by atoms with Crippen molar-refractivity contribution in [3.05, 3.63) is 60.3 Å². The Balaban J connectivity index is 1.34.